The molecule has 0 amide bonds. The van der Waals surface area contributed by atoms with Crippen molar-refractivity contribution in [3.05, 3.63) is 94.9 Å². The van der Waals surface area contributed by atoms with Crippen LogP contribution in [0.5, 0.6) is 11.6 Å². The molecule has 144 valence electrons. The predicted octanol–water partition coefficient (Wildman–Crippen LogP) is 5.57. The van der Waals surface area contributed by atoms with E-state index >= 15 is 0 Å². The minimum absolute atomic E-state index is 0.138. The van der Waals surface area contributed by atoms with Gasteiger partial charge in [0.15, 0.2) is 0 Å². The third kappa shape index (κ3) is 4.50. The van der Waals surface area contributed by atoms with Crippen molar-refractivity contribution < 1.29 is 18.7 Å². The zero-order valence-electron chi connectivity index (χ0n) is 15.0. The Morgan fingerprint density at radius 2 is 1.79 bits per heavy atom. The van der Waals surface area contributed by atoms with Gasteiger partial charge in [0, 0.05) is 10.6 Å². The summed E-state index contributed by atoms with van der Waals surface area (Å²) in [5.41, 5.74) is 1.96. The van der Waals surface area contributed by atoms with E-state index in [1.165, 1.54) is 12.3 Å². The lowest BCUT2D eigenvalue weighted by atomic mass is 10.2. The Balaban J connectivity index is 1.41. The Kier molecular flexibility index (Phi) is 5.35. The minimum Gasteiger partial charge on any atom is -0.457 e. The average Bonchev–Trinajstić information content (AvgIpc) is 2.73. The Hall–Kier alpha value is -3.51. The van der Waals surface area contributed by atoms with Gasteiger partial charge in [0.05, 0.1) is 22.8 Å². The third-order valence-electron chi connectivity index (χ3n) is 4.11. The molecule has 1 aromatic heterocycles. The van der Waals surface area contributed by atoms with E-state index in [0.717, 1.165) is 0 Å². The van der Waals surface area contributed by atoms with E-state index in [2.05, 4.69) is 9.97 Å². The van der Waals surface area contributed by atoms with E-state index in [0.29, 0.717) is 38.8 Å². The fourth-order valence-electron chi connectivity index (χ4n) is 2.64. The number of halogens is 2. The molecule has 1 heterocycles. The highest BCUT2D eigenvalue weighted by atomic mass is 35.5. The van der Waals surface area contributed by atoms with Crippen LogP contribution in [-0.2, 0) is 11.3 Å². The van der Waals surface area contributed by atoms with E-state index in [4.69, 9.17) is 21.1 Å². The molecule has 3 aromatic carbocycles. The molecule has 29 heavy (non-hydrogen) atoms. The quantitative estimate of drug-likeness (QED) is 0.404. The number of carbonyl (C=O) groups is 1. The molecule has 0 aliphatic rings. The fourth-order valence-corrected chi connectivity index (χ4v) is 2.80. The molecular formula is C22H14ClFN2O3. The molecule has 4 aromatic rings. The number of fused-ring (bicyclic) bond motifs is 1. The molecule has 4 rings (SSSR count). The summed E-state index contributed by atoms with van der Waals surface area (Å²) in [6.45, 7) is -0.138. The monoisotopic (exact) mass is 408 g/mol. The maximum Gasteiger partial charge on any atom is 0.338 e. The molecule has 0 aliphatic heterocycles. The predicted molar refractivity (Wildman–Crippen MR) is 107 cm³/mol. The zero-order chi connectivity index (χ0) is 20.2. The first-order valence-corrected chi connectivity index (χ1v) is 9.07. The molecule has 0 spiro atoms. The molecule has 5 nitrogen and oxygen atoms in total. The van der Waals surface area contributed by atoms with Crippen molar-refractivity contribution in [1.29, 1.82) is 0 Å². The SMILES string of the molecule is O=C(OCc1ccccc1F)c1ccc(Oc2cnc3cc(Cl)ccc3n2)cc1. The third-order valence-corrected chi connectivity index (χ3v) is 4.35. The number of carbonyl (C=O) groups excluding carboxylic acids is 1. The van der Waals surface area contributed by atoms with E-state index in [1.807, 2.05) is 0 Å². The zero-order valence-corrected chi connectivity index (χ0v) is 15.8. The summed E-state index contributed by atoms with van der Waals surface area (Å²) in [4.78, 5) is 20.8. The average molecular weight is 409 g/mol. The van der Waals surface area contributed by atoms with Gasteiger partial charge in [0.2, 0.25) is 5.88 Å². The van der Waals surface area contributed by atoms with Crippen LogP contribution in [0.15, 0.2) is 72.9 Å². The van der Waals surface area contributed by atoms with Gasteiger partial charge in [-0.25, -0.2) is 19.2 Å². The highest BCUT2D eigenvalue weighted by Gasteiger charge is 2.10. The minimum atomic E-state index is -0.554. The van der Waals surface area contributed by atoms with Gasteiger partial charge in [0.1, 0.15) is 18.2 Å². The van der Waals surface area contributed by atoms with Crippen molar-refractivity contribution >= 4 is 28.6 Å². The van der Waals surface area contributed by atoms with Crippen LogP contribution in [0.3, 0.4) is 0 Å². The van der Waals surface area contributed by atoms with Crippen LogP contribution in [0, 0.1) is 5.82 Å². The molecule has 0 unspecified atom stereocenters. The number of esters is 1. The van der Waals surface area contributed by atoms with Gasteiger partial charge < -0.3 is 9.47 Å². The summed E-state index contributed by atoms with van der Waals surface area (Å²) < 4.78 is 24.4. The van der Waals surface area contributed by atoms with Crippen LogP contribution >= 0.6 is 11.6 Å². The van der Waals surface area contributed by atoms with Crippen LogP contribution < -0.4 is 4.74 Å². The van der Waals surface area contributed by atoms with E-state index in [9.17, 15) is 9.18 Å². The molecular weight excluding hydrogens is 395 g/mol. The van der Waals surface area contributed by atoms with Gasteiger partial charge >= 0.3 is 5.97 Å². The smallest absolute Gasteiger partial charge is 0.338 e. The molecule has 0 atom stereocenters. The lowest BCUT2D eigenvalue weighted by Crippen LogP contribution is -2.06. The first-order chi connectivity index (χ1) is 14.1. The molecule has 7 heteroatoms. The van der Waals surface area contributed by atoms with E-state index < -0.39 is 11.8 Å². The second-order valence-corrected chi connectivity index (χ2v) is 6.57. The van der Waals surface area contributed by atoms with Gasteiger partial charge in [-0.15, -0.1) is 0 Å². The lowest BCUT2D eigenvalue weighted by Gasteiger charge is -2.08. The normalized spacial score (nSPS) is 10.7. The van der Waals surface area contributed by atoms with Gasteiger partial charge in [-0.2, -0.15) is 0 Å². The molecule has 0 saturated heterocycles. The molecule has 0 aliphatic carbocycles. The van der Waals surface area contributed by atoms with Crippen molar-refractivity contribution in [2.45, 2.75) is 6.61 Å². The summed E-state index contributed by atoms with van der Waals surface area (Å²) >= 11 is 5.94. The molecule has 0 fully saturated rings. The number of aromatic nitrogens is 2. The van der Waals surface area contributed by atoms with Crippen LogP contribution in [0.25, 0.3) is 11.0 Å². The van der Waals surface area contributed by atoms with Crippen LogP contribution in [0.1, 0.15) is 15.9 Å². The summed E-state index contributed by atoms with van der Waals surface area (Å²) in [5.74, 6) is -0.169. The summed E-state index contributed by atoms with van der Waals surface area (Å²) in [7, 11) is 0. The van der Waals surface area contributed by atoms with Crippen LogP contribution in [0.2, 0.25) is 5.02 Å². The van der Waals surface area contributed by atoms with E-state index in [-0.39, 0.29) is 6.61 Å². The first kappa shape index (κ1) is 18.8. The lowest BCUT2D eigenvalue weighted by molar-refractivity contribution is 0.0469. The van der Waals surface area contributed by atoms with Crippen molar-refractivity contribution in [3.8, 4) is 11.6 Å². The van der Waals surface area contributed by atoms with Gasteiger partial charge in [0.25, 0.3) is 0 Å². The standard InChI is InChI=1S/C22H14ClFN2O3/c23-16-7-10-19-20(11-16)25-12-21(26-19)29-17-8-5-14(6-9-17)22(27)28-13-15-3-1-2-4-18(15)24/h1-12H,13H2. The highest BCUT2D eigenvalue weighted by Crippen LogP contribution is 2.23. The van der Waals surface area contributed by atoms with Crippen LogP contribution in [0.4, 0.5) is 4.39 Å². The van der Waals surface area contributed by atoms with E-state index in [1.54, 1.807) is 60.7 Å². The van der Waals surface area contributed by atoms with Gasteiger partial charge in [-0.3, -0.25) is 0 Å². The Morgan fingerprint density at radius 1 is 1.00 bits per heavy atom. The summed E-state index contributed by atoms with van der Waals surface area (Å²) in [6, 6.07) is 17.7. The number of nitrogens with zero attached hydrogens (tertiary/aromatic N) is 2. The second kappa shape index (κ2) is 8.24. The Morgan fingerprint density at radius 3 is 2.59 bits per heavy atom. The van der Waals surface area contributed by atoms with Crippen molar-refractivity contribution in [3.63, 3.8) is 0 Å². The first-order valence-electron chi connectivity index (χ1n) is 8.69. The number of hydrogen-bond acceptors (Lipinski definition) is 5. The van der Waals surface area contributed by atoms with Crippen LogP contribution in [-0.4, -0.2) is 15.9 Å². The summed E-state index contributed by atoms with van der Waals surface area (Å²) in [6.07, 6.45) is 1.50. The Labute approximate surface area is 170 Å². The maximum atomic E-state index is 13.6. The van der Waals surface area contributed by atoms with Crippen molar-refractivity contribution in [1.82, 2.24) is 9.97 Å². The number of hydrogen-bond donors (Lipinski definition) is 0. The fraction of sp³-hybridized carbons (Fsp3) is 0.0455. The van der Waals surface area contributed by atoms with Gasteiger partial charge in [-0.1, -0.05) is 29.8 Å². The largest absolute Gasteiger partial charge is 0.457 e. The molecule has 0 saturated carbocycles. The van der Waals surface area contributed by atoms with Crippen molar-refractivity contribution in [2.24, 2.45) is 0 Å². The molecule has 0 radical (unpaired) electrons. The number of rotatable bonds is 5. The number of benzene rings is 3. The highest BCUT2D eigenvalue weighted by molar-refractivity contribution is 6.31. The second-order valence-electron chi connectivity index (χ2n) is 6.14. The summed E-state index contributed by atoms with van der Waals surface area (Å²) in [5, 5.41) is 0.581. The van der Waals surface area contributed by atoms with Gasteiger partial charge in [-0.05, 0) is 48.5 Å². The maximum absolute atomic E-state index is 13.6. The van der Waals surface area contributed by atoms with Crippen molar-refractivity contribution in [2.75, 3.05) is 0 Å². The Bertz CT molecular complexity index is 1180. The topological polar surface area (TPSA) is 61.3 Å². The molecule has 0 bridgehead atoms. The molecule has 0 N–H and O–H groups in total. The number of ether oxygens (including phenoxy) is 2.